The van der Waals surface area contributed by atoms with Crippen molar-refractivity contribution in [3.63, 3.8) is 0 Å². The summed E-state index contributed by atoms with van der Waals surface area (Å²) in [4.78, 5) is 37.8. The van der Waals surface area contributed by atoms with Gasteiger partial charge in [-0.2, -0.15) is 0 Å². The Kier molecular flexibility index (Phi) is 5.76. The van der Waals surface area contributed by atoms with Gasteiger partial charge in [-0.1, -0.05) is 24.0 Å². The molecule has 1 aromatic carbocycles. The molecule has 0 spiro atoms. The number of hydrogen-bond acceptors (Lipinski definition) is 7. The second-order valence-corrected chi connectivity index (χ2v) is 7.85. The molecular formula is C17H17N3O5S2. The molecule has 0 aliphatic carbocycles. The summed E-state index contributed by atoms with van der Waals surface area (Å²) in [5.41, 5.74) is 1.38. The molecule has 1 amide bonds. The van der Waals surface area contributed by atoms with E-state index in [9.17, 15) is 19.7 Å². The molecule has 1 N–H and O–H groups in total. The third kappa shape index (κ3) is 4.28. The van der Waals surface area contributed by atoms with E-state index in [4.69, 9.17) is 17.3 Å². The van der Waals surface area contributed by atoms with E-state index in [1.807, 2.05) is 0 Å². The van der Waals surface area contributed by atoms with E-state index in [0.29, 0.717) is 14.8 Å². The van der Waals surface area contributed by atoms with E-state index >= 15 is 0 Å². The number of non-ortho nitro benzene ring substituents is 1. The highest BCUT2D eigenvalue weighted by atomic mass is 32.2. The van der Waals surface area contributed by atoms with Crippen molar-refractivity contribution in [1.29, 1.82) is 0 Å². The highest BCUT2D eigenvalue weighted by Crippen LogP contribution is 2.36. The second kappa shape index (κ2) is 8.05. The number of nitro groups is 1. The molecule has 0 saturated carbocycles. The average molecular weight is 407 g/mol. The number of anilines is 1. The van der Waals surface area contributed by atoms with Crippen LogP contribution in [0.4, 0.5) is 11.4 Å². The lowest BCUT2D eigenvalue weighted by Gasteiger charge is -2.20. The van der Waals surface area contributed by atoms with Gasteiger partial charge in [-0.05, 0) is 25.0 Å². The topological polar surface area (TPSA) is 104 Å². The van der Waals surface area contributed by atoms with Crippen LogP contribution in [0, 0.1) is 10.1 Å². The van der Waals surface area contributed by atoms with Gasteiger partial charge < -0.3 is 10.0 Å². The maximum absolute atomic E-state index is 12.6. The predicted octanol–water partition coefficient (Wildman–Crippen LogP) is 2.87. The molecule has 3 rings (SSSR count). The van der Waals surface area contributed by atoms with E-state index < -0.39 is 10.9 Å². The van der Waals surface area contributed by atoms with Crippen molar-refractivity contribution in [3.05, 3.63) is 38.8 Å². The molecule has 27 heavy (non-hydrogen) atoms. The maximum atomic E-state index is 12.6. The van der Waals surface area contributed by atoms with E-state index in [0.717, 1.165) is 43.4 Å². The van der Waals surface area contributed by atoms with Crippen molar-refractivity contribution in [3.8, 4) is 0 Å². The number of amides is 1. The molecule has 2 fully saturated rings. The smallest absolute Gasteiger partial charge is 0.305 e. The zero-order chi connectivity index (χ0) is 19.6. The molecule has 2 heterocycles. The van der Waals surface area contributed by atoms with Crippen LogP contribution >= 0.6 is 24.0 Å². The summed E-state index contributed by atoms with van der Waals surface area (Å²) in [7, 11) is 0. The van der Waals surface area contributed by atoms with Crippen molar-refractivity contribution < 1.29 is 19.6 Å². The van der Waals surface area contributed by atoms with Crippen LogP contribution in [0.25, 0.3) is 6.08 Å². The fraction of sp³-hybridized carbons (Fsp3) is 0.353. The van der Waals surface area contributed by atoms with Gasteiger partial charge in [0.2, 0.25) is 0 Å². The third-order valence-electron chi connectivity index (χ3n) is 4.38. The lowest BCUT2D eigenvalue weighted by Crippen LogP contribution is -2.30. The Labute approximate surface area is 165 Å². The summed E-state index contributed by atoms with van der Waals surface area (Å²) in [6.45, 7) is 1.72. The molecule has 2 aliphatic heterocycles. The number of rotatable bonds is 6. The van der Waals surface area contributed by atoms with Crippen LogP contribution in [0.3, 0.4) is 0 Å². The van der Waals surface area contributed by atoms with Crippen LogP contribution in [0.1, 0.15) is 24.8 Å². The molecule has 1 aromatic rings. The Morgan fingerprint density at radius 1 is 1.37 bits per heavy atom. The number of carboxylic acid groups (broad SMARTS) is 1. The quantitative estimate of drug-likeness (QED) is 0.332. The zero-order valence-electron chi connectivity index (χ0n) is 14.3. The van der Waals surface area contributed by atoms with E-state index in [1.165, 1.54) is 17.0 Å². The largest absolute Gasteiger partial charge is 0.481 e. The third-order valence-corrected chi connectivity index (χ3v) is 5.76. The Bertz CT molecular complexity index is 849. The van der Waals surface area contributed by atoms with Crippen molar-refractivity contribution >= 4 is 57.6 Å². The van der Waals surface area contributed by atoms with Gasteiger partial charge in [0.25, 0.3) is 11.6 Å². The van der Waals surface area contributed by atoms with Crippen LogP contribution in [0.5, 0.6) is 0 Å². The Balaban J connectivity index is 1.93. The van der Waals surface area contributed by atoms with Crippen LogP contribution in [-0.2, 0) is 9.59 Å². The summed E-state index contributed by atoms with van der Waals surface area (Å²) < 4.78 is 0.292. The number of thiocarbonyl (C=S) groups is 1. The van der Waals surface area contributed by atoms with Crippen LogP contribution in [0.15, 0.2) is 23.1 Å². The van der Waals surface area contributed by atoms with E-state index in [1.54, 1.807) is 12.1 Å². The normalized spacial score (nSPS) is 18.6. The van der Waals surface area contributed by atoms with Gasteiger partial charge in [-0.3, -0.25) is 24.6 Å². The number of carboxylic acids is 1. The minimum Gasteiger partial charge on any atom is -0.481 e. The monoisotopic (exact) mass is 407 g/mol. The van der Waals surface area contributed by atoms with E-state index in [-0.39, 0.29) is 24.6 Å². The van der Waals surface area contributed by atoms with Gasteiger partial charge in [-0.25, -0.2) is 0 Å². The summed E-state index contributed by atoms with van der Waals surface area (Å²) in [6.07, 6.45) is 3.51. The van der Waals surface area contributed by atoms with Gasteiger partial charge in [0.05, 0.1) is 16.2 Å². The van der Waals surface area contributed by atoms with Crippen LogP contribution < -0.4 is 4.90 Å². The van der Waals surface area contributed by atoms with Crippen molar-refractivity contribution in [1.82, 2.24) is 4.90 Å². The van der Waals surface area contributed by atoms with Gasteiger partial charge in [0, 0.05) is 43.0 Å². The Morgan fingerprint density at radius 2 is 2.07 bits per heavy atom. The molecule has 0 aromatic heterocycles. The number of hydrogen-bond donors (Lipinski definition) is 1. The molecule has 2 aliphatic rings. The van der Waals surface area contributed by atoms with Gasteiger partial charge in [-0.15, -0.1) is 0 Å². The SMILES string of the molecule is O=C(O)CCN1C(=O)/C(=C\c2cc([N+](=O)[O-])ccc2N2CCCC2)SC1=S. The van der Waals surface area contributed by atoms with Crippen molar-refractivity contribution in [2.45, 2.75) is 19.3 Å². The number of carbonyl (C=O) groups is 2. The number of carbonyl (C=O) groups excluding carboxylic acids is 1. The van der Waals surface area contributed by atoms with Gasteiger partial charge >= 0.3 is 5.97 Å². The van der Waals surface area contributed by atoms with Crippen LogP contribution in [0.2, 0.25) is 0 Å². The first-order valence-corrected chi connectivity index (χ1v) is 9.60. The maximum Gasteiger partial charge on any atom is 0.305 e. The molecule has 8 nitrogen and oxygen atoms in total. The summed E-state index contributed by atoms with van der Waals surface area (Å²) in [5.74, 6) is -1.38. The number of benzene rings is 1. The molecule has 10 heteroatoms. The first-order valence-electron chi connectivity index (χ1n) is 8.37. The van der Waals surface area contributed by atoms with Crippen molar-refractivity contribution in [2.24, 2.45) is 0 Å². The molecule has 0 atom stereocenters. The lowest BCUT2D eigenvalue weighted by molar-refractivity contribution is -0.384. The zero-order valence-corrected chi connectivity index (χ0v) is 15.9. The molecular weight excluding hydrogens is 390 g/mol. The number of nitrogens with zero attached hydrogens (tertiary/aromatic N) is 3. The van der Waals surface area contributed by atoms with Gasteiger partial charge in [0.15, 0.2) is 0 Å². The molecule has 0 radical (unpaired) electrons. The minimum atomic E-state index is -1.01. The molecule has 142 valence electrons. The highest BCUT2D eigenvalue weighted by Gasteiger charge is 2.32. The molecule has 2 saturated heterocycles. The highest BCUT2D eigenvalue weighted by molar-refractivity contribution is 8.26. The fourth-order valence-corrected chi connectivity index (χ4v) is 4.36. The first-order chi connectivity index (χ1) is 12.9. The second-order valence-electron chi connectivity index (χ2n) is 6.17. The predicted molar refractivity (Wildman–Crippen MR) is 107 cm³/mol. The summed E-state index contributed by atoms with van der Waals surface area (Å²) in [5, 5.41) is 20.0. The summed E-state index contributed by atoms with van der Waals surface area (Å²) in [6, 6.07) is 4.63. The van der Waals surface area contributed by atoms with Crippen LogP contribution in [-0.4, -0.2) is 50.8 Å². The lowest BCUT2D eigenvalue weighted by atomic mass is 10.1. The van der Waals surface area contributed by atoms with E-state index in [2.05, 4.69) is 4.90 Å². The number of nitro benzene ring substituents is 1. The minimum absolute atomic E-state index is 0.00522. The standard InChI is InChI=1S/C17H17N3O5S2/c21-15(22)5-8-19-16(23)14(27-17(19)26)10-11-9-12(20(24)25)3-4-13(11)18-6-1-2-7-18/h3-4,9-10H,1-2,5-8H2,(H,21,22)/b14-10+. The summed E-state index contributed by atoms with van der Waals surface area (Å²) >= 11 is 6.27. The van der Waals surface area contributed by atoms with Gasteiger partial charge in [0.1, 0.15) is 4.32 Å². The number of thioether (sulfide) groups is 1. The average Bonchev–Trinajstić information content (AvgIpc) is 3.23. The van der Waals surface area contributed by atoms with Crippen molar-refractivity contribution in [2.75, 3.05) is 24.5 Å². The fourth-order valence-electron chi connectivity index (χ4n) is 3.06. The molecule has 0 unspecified atom stereocenters. The Morgan fingerprint density at radius 3 is 2.70 bits per heavy atom. The molecule has 0 bridgehead atoms. The first kappa shape index (κ1) is 19.3. The Hall–Kier alpha value is -2.46. The number of aliphatic carboxylic acids is 1.